The quantitative estimate of drug-likeness (QED) is 0.669. The van der Waals surface area contributed by atoms with E-state index in [-0.39, 0.29) is 17.5 Å². The molecule has 1 aliphatic heterocycles. The number of ketones is 1. The van der Waals surface area contributed by atoms with Gasteiger partial charge in [-0.15, -0.1) is 11.3 Å². The minimum atomic E-state index is -0.553. The van der Waals surface area contributed by atoms with Gasteiger partial charge in [0.25, 0.3) is 0 Å². The van der Waals surface area contributed by atoms with E-state index in [1.165, 1.54) is 17.0 Å². The molecule has 0 saturated carbocycles. The normalized spacial score (nSPS) is 21.4. The fraction of sp³-hybridized carbons (Fsp3) is 0.333. The molecule has 0 spiro atoms. The summed E-state index contributed by atoms with van der Waals surface area (Å²) in [6.07, 6.45) is 1.81. The highest BCUT2D eigenvalue weighted by molar-refractivity contribution is 7.10. The molecule has 2 atom stereocenters. The van der Waals surface area contributed by atoms with E-state index in [2.05, 4.69) is 11.4 Å². The number of hydrogen-bond donors (Lipinski definition) is 1. The van der Waals surface area contributed by atoms with Gasteiger partial charge in [-0.1, -0.05) is 25.1 Å². The van der Waals surface area contributed by atoms with Crippen LogP contribution in [0.5, 0.6) is 0 Å². The van der Waals surface area contributed by atoms with Crippen LogP contribution in [0.25, 0.3) is 0 Å². The number of esters is 1. The third-order valence-corrected chi connectivity index (χ3v) is 6.67. The first-order valence-corrected chi connectivity index (χ1v) is 11.1. The Kier molecular flexibility index (Phi) is 5.86. The number of ether oxygens (including phenoxy) is 1. The number of carbonyl (C=O) groups excluding carboxylic acids is 2. The number of carbonyl (C=O) groups is 2. The van der Waals surface area contributed by atoms with Crippen LogP contribution in [0, 0.1) is 5.82 Å². The van der Waals surface area contributed by atoms with Crippen LogP contribution in [0.2, 0.25) is 0 Å². The van der Waals surface area contributed by atoms with Crippen LogP contribution in [-0.4, -0.2) is 18.4 Å². The molecule has 4 rings (SSSR count). The minimum absolute atomic E-state index is 0.0183. The van der Waals surface area contributed by atoms with E-state index in [4.69, 9.17) is 4.74 Å². The second kappa shape index (κ2) is 8.56. The standard InChI is InChI=1S/C24H24FNO3S/c1-3-10-29-24(28)21-14(2)26-18-12-16(20-5-4-11-30-20)13-19(27)23(18)22(21)15-6-8-17(25)9-7-15/h4-9,11,16,22,26H,3,10,12-13H2,1-2H3/t16-,22+/m1/s1. The average Bonchev–Trinajstić information content (AvgIpc) is 3.26. The number of hydrogen-bond acceptors (Lipinski definition) is 5. The molecular weight excluding hydrogens is 401 g/mol. The van der Waals surface area contributed by atoms with Crippen molar-refractivity contribution in [2.24, 2.45) is 0 Å². The Morgan fingerprint density at radius 1 is 1.23 bits per heavy atom. The summed E-state index contributed by atoms with van der Waals surface area (Å²) in [5, 5.41) is 5.35. The van der Waals surface area contributed by atoms with Crippen molar-refractivity contribution in [3.05, 3.63) is 80.6 Å². The number of nitrogens with one attached hydrogen (secondary N) is 1. The van der Waals surface area contributed by atoms with Gasteiger partial charge in [0, 0.05) is 40.1 Å². The maximum absolute atomic E-state index is 13.6. The summed E-state index contributed by atoms with van der Waals surface area (Å²) < 4.78 is 19.0. The zero-order valence-corrected chi connectivity index (χ0v) is 17.9. The lowest BCUT2D eigenvalue weighted by molar-refractivity contribution is -0.139. The third kappa shape index (κ3) is 3.84. The summed E-state index contributed by atoms with van der Waals surface area (Å²) in [6, 6.07) is 10.1. The molecule has 1 aliphatic carbocycles. The molecule has 2 aliphatic rings. The first-order valence-electron chi connectivity index (χ1n) is 10.2. The van der Waals surface area contributed by atoms with Crippen molar-refractivity contribution in [2.45, 2.75) is 44.9 Å². The number of allylic oxidation sites excluding steroid dienone is 3. The number of Topliss-reactive ketones (excluding diaryl/α,β-unsaturated/α-hetero) is 1. The Morgan fingerprint density at radius 3 is 2.67 bits per heavy atom. The highest BCUT2D eigenvalue weighted by atomic mass is 32.1. The molecule has 0 amide bonds. The van der Waals surface area contributed by atoms with Crippen LogP contribution in [-0.2, 0) is 14.3 Å². The van der Waals surface area contributed by atoms with Gasteiger partial charge in [0.15, 0.2) is 5.78 Å². The molecule has 0 fully saturated rings. The first kappa shape index (κ1) is 20.5. The Balaban J connectivity index is 1.78. The largest absolute Gasteiger partial charge is 0.462 e. The second-order valence-electron chi connectivity index (χ2n) is 7.72. The average molecular weight is 426 g/mol. The molecule has 0 radical (unpaired) electrons. The number of thiophene rings is 1. The Bertz CT molecular complexity index is 1020. The fourth-order valence-corrected chi connectivity index (χ4v) is 5.13. The van der Waals surface area contributed by atoms with Crippen molar-refractivity contribution in [2.75, 3.05) is 6.61 Å². The molecule has 6 heteroatoms. The third-order valence-electron chi connectivity index (χ3n) is 5.63. The van der Waals surface area contributed by atoms with Crippen molar-refractivity contribution in [1.29, 1.82) is 0 Å². The Morgan fingerprint density at radius 2 is 2.00 bits per heavy atom. The van der Waals surface area contributed by atoms with Gasteiger partial charge in [-0.3, -0.25) is 4.79 Å². The lowest BCUT2D eigenvalue weighted by Crippen LogP contribution is -2.36. The fourth-order valence-electron chi connectivity index (χ4n) is 4.30. The maximum atomic E-state index is 13.6. The summed E-state index contributed by atoms with van der Waals surface area (Å²) in [7, 11) is 0. The van der Waals surface area contributed by atoms with E-state index in [9.17, 15) is 14.0 Å². The highest BCUT2D eigenvalue weighted by Gasteiger charge is 2.41. The molecule has 2 heterocycles. The number of benzene rings is 1. The van der Waals surface area contributed by atoms with Gasteiger partial charge in [0.05, 0.1) is 12.2 Å². The Hall–Kier alpha value is -2.73. The molecule has 1 aromatic carbocycles. The predicted octanol–water partition coefficient (Wildman–Crippen LogP) is 5.20. The molecule has 156 valence electrons. The van der Waals surface area contributed by atoms with Crippen molar-refractivity contribution < 1.29 is 18.7 Å². The van der Waals surface area contributed by atoms with Crippen molar-refractivity contribution in [3.63, 3.8) is 0 Å². The molecule has 0 bridgehead atoms. The van der Waals surface area contributed by atoms with Gasteiger partial charge in [0.2, 0.25) is 0 Å². The van der Waals surface area contributed by atoms with Crippen molar-refractivity contribution >= 4 is 23.1 Å². The summed E-state index contributed by atoms with van der Waals surface area (Å²) in [5.74, 6) is -1.20. The van der Waals surface area contributed by atoms with Crippen LogP contribution >= 0.6 is 11.3 Å². The Labute approximate surface area is 179 Å². The predicted molar refractivity (Wildman–Crippen MR) is 115 cm³/mol. The molecule has 0 saturated heterocycles. The molecule has 1 aromatic heterocycles. The number of rotatable bonds is 5. The molecule has 4 nitrogen and oxygen atoms in total. The zero-order valence-electron chi connectivity index (χ0n) is 17.0. The van der Waals surface area contributed by atoms with Crippen molar-refractivity contribution in [1.82, 2.24) is 5.32 Å². The molecule has 2 aromatic rings. The van der Waals surface area contributed by atoms with Gasteiger partial charge in [0.1, 0.15) is 5.82 Å². The first-order chi connectivity index (χ1) is 14.5. The van der Waals surface area contributed by atoms with E-state index in [0.29, 0.717) is 42.7 Å². The monoisotopic (exact) mass is 425 g/mol. The van der Waals surface area contributed by atoms with E-state index in [0.717, 1.165) is 11.3 Å². The van der Waals surface area contributed by atoms with E-state index >= 15 is 0 Å². The zero-order chi connectivity index (χ0) is 21.3. The van der Waals surface area contributed by atoms with Gasteiger partial charge in [-0.2, -0.15) is 0 Å². The summed E-state index contributed by atoms with van der Waals surface area (Å²) in [6.45, 7) is 4.08. The van der Waals surface area contributed by atoms with Crippen LogP contribution < -0.4 is 5.32 Å². The van der Waals surface area contributed by atoms with Crippen LogP contribution in [0.3, 0.4) is 0 Å². The van der Waals surface area contributed by atoms with E-state index < -0.39 is 11.9 Å². The smallest absolute Gasteiger partial charge is 0.336 e. The molecule has 0 unspecified atom stereocenters. The van der Waals surface area contributed by atoms with Gasteiger partial charge in [-0.05, 0) is 48.9 Å². The second-order valence-corrected chi connectivity index (χ2v) is 8.70. The lowest BCUT2D eigenvalue weighted by atomic mass is 9.72. The van der Waals surface area contributed by atoms with Gasteiger partial charge < -0.3 is 10.1 Å². The number of halogens is 1. The van der Waals surface area contributed by atoms with E-state index in [1.807, 2.05) is 25.3 Å². The SMILES string of the molecule is CCCOC(=O)C1=C(C)NC2=C(C(=O)C[C@H](c3cccs3)C2)[C@H]1c1ccc(F)cc1. The molecule has 1 N–H and O–H groups in total. The molecule has 30 heavy (non-hydrogen) atoms. The topological polar surface area (TPSA) is 55.4 Å². The maximum Gasteiger partial charge on any atom is 0.336 e. The van der Waals surface area contributed by atoms with Crippen molar-refractivity contribution in [3.8, 4) is 0 Å². The lowest BCUT2D eigenvalue weighted by Gasteiger charge is -2.36. The van der Waals surface area contributed by atoms with Crippen LogP contribution in [0.15, 0.2) is 64.3 Å². The summed E-state index contributed by atoms with van der Waals surface area (Å²) in [4.78, 5) is 27.4. The van der Waals surface area contributed by atoms with E-state index in [1.54, 1.807) is 23.5 Å². The summed E-state index contributed by atoms with van der Waals surface area (Å²) >= 11 is 1.65. The summed E-state index contributed by atoms with van der Waals surface area (Å²) in [5.41, 5.74) is 3.28. The number of dihydropyridines is 1. The van der Waals surface area contributed by atoms with Gasteiger partial charge >= 0.3 is 5.97 Å². The van der Waals surface area contributed by atoms with Crippen LogP contribution in [0.4, 0.5) is 4.39 Å². The highest BCUT2D eigenvalue weighted by Crippen LogP contribution is 2.46. The molecular formula is C24H24FNO3S. The van der Waals surface area contributed by atoms with Gasteiger partial charge in [-0.25, -0.2) is 9.18 Å². The van der Waals surface area contributed by atoms with Crippen LogP contribution in [0.1, 0.15) is 55.4 Å². The minimum Gasteiger partial charge on any atom is -0.462 e.